The summed E-state index contributed by atoms with van der Waals surface area (Å²) in [6, 6.07) is 9.83. The summed E-state index contributed by atoms with van der Waals surface area (Å²) < 4.78 is 0. The highest BCUT2D eigenvalue weighted by atomic mass is 15.0. The molecule has 3 saturated carbocycles. The molecule has 80 valence electrons. The van der Waals surface area contributed by atoms with Crippen molar-refractivity contribution in [2.24, 2.45) is 5.92 Å². The summed E-state index contributed by atoms with van der Waals surface area (Å²) in [7, 11) is 2.12. The standard InChI is InChI=1S/C14H19N/c1-10-4-3-5-12(8-10)14-7-6-11(9-14)13(14)15-2/h3-5,8,11,13,15H,6-7,9H2,1-2H3. The molecule has 0 amide bonds. The average Bonchev–Trinajstić information content (AvgIpc) is 2.76. The molecule has 1 nitrogen and oxygen atoms in total. The van der Waals surface area contributed by atoms with E-state index in [0.29, 0.717) is 5.41 Å². The fraction of sp³-hybridized carbons (Fsp3) is 0.571. The number of aryl methyl sites for hydroxylation is 1. The Labute approximate surface area is 91.9 Å². The largest absolute Gasteiger partial charge is 0.316 e. The first-order chi connectivity index (χ1) is 7.26. The smallest absolute Gasteiger partial charge is 0.0190 e. The van der Waals surface area contributed by atoms with Gasteiger partial charge in [0.25, 0.3) is 0 Å². The summed E-state index contributed by atoms with van der Waals surface area (Å²) >= 11 is 0. The quantitative estimate of drug-likeness (QED) is 0.775. The first kappa shape index (κ1) is 9.41. The molecule has 15 heavy (non-hydrogen) atoms. The molecule has 3 unspecified atom stereocenters. The number of hydrogen-bond acceptors (Lipinski definition) is 1. The van der Waals surface area contributed by atoms with Crippen molar-refractivity contribution in [2.45, 2.75) is 37.6 Å². The number of benzene rings is 1. The third-order valence-corrected chi connectivity index (χ3v) is 4.56. The van der Waals surface area contributed by atoms with E-state index in [9.17, 15) is 0 Å². The van der Waals surface area contributed by atoms with Crippen molar-refractivity contribution in [1.29, 1.82) is 0 Å². The van der Waals surface area contributed by atoms with Crippen LogP contribution in [0.2, 0.25) is 0 Å². The van der Waals surface area contributed by atoms with Crippen molar-refractivity contribution < 1.29 is 0 Å². The van der Waals surface area contributed by atoms with Gasteiger partial charge in [-0.05, 0) is 44.7 Å². The lowest BCUT2D eigenvalue weighted by molar-refractivity contribution is 0.157. The minimum absolute atomic E-state index is 0.478. The third-order valence-electron chi connectivity index (χ3n) is 4.56. The third kappa shape index (κ3) is 1.13. The molecule has 0 saturated heterocycles. The predicted molar refractivity (Wildman–Crippen MR) is 63.0 cm³/mol. The van der Waals surface area contributed by atoms with Crippen molar-refractivity contribution in [3.8, 4) is 0 Å². The summed E-state index contributed by atoms with van der Waals surface area (Å²) in [4.78, 5) is 0. The van der Waals surface area contributed by atoms with Gasteiger partial charge in [-0.3, -0.25) is 0 Å². The van der Waals surface area contributed by atoms with Gasteiger partial charge in [-0.2, -0.15) is 0 Å². The SMILES string of the molecule is CNC1C2CCC1(c1cccc(C)c1)C2. The van der Waals surface area contributed by atoms with Crippen LogP contribution in [0.25, 0.3) is 0 Å². The molecule has 3 atom stereocenters. The normalized spacial score (nSPS) is 37.7. The molecule has 2 bridgehead atoms. The molecule has 1 N–H and O–H groups in total. The van der Waals surface area contributed by atoms with Gasteiger partial charge >= 0.3 is 0 Å². The first-order valence-electron chi connectivity index (χ1n) is 6.01. The van der Waals surface area contributed by atoms with Crippen LogP contribution in [0, 0.1) is 12.8 Å². The number of rotatable bonds is 2. The Balaban J connectivity index is 2.00. The highest BCUT2D eigenvalue weighted by Gasteiger charge is 2.58. The van der Waals surface area contributed by atoms with E-state index in [1.807, 2.05) is 0 Å². The summed E-state index contributed by atoms with van der Waals surface area (Å²) in [5.41, 5.74) is 3.44. The van der Waals surface area contributed by atoms with Crippen molar-refractivity contribution in [2.75, 3.05) is 7.05 Å². The van der Waals surface area contributed by atoms with Crippen LogP contribution < -0.4 is 5.32 Å². The number of likely N-dealkylation sites (N-methyl/N-ethyl adjacent to an activating group) is 1. The van der Waals surface area contributed by atoms with Gasteiger partial charge < -0.3 is 5.32 Å². The molecule has 4 rings (SSSR count). The van der Waals surface area contributed by atoms with E-state index in [-0.39, 0.29) is 0 Å². The molecular weight excluding hydrogens is 182 g/mol. The van der Waals surface area contributed by atoms with Crippen LogP contribution >= 0.6 is 0 Å². The minimum Gasteiger partial charge on any atom is -0.316 e. The molecule has 0 aliphatic heterocycles. The van der Waals surface area contributed by atoms with E-state index in [2.05, 4.69) is 43.6 Å². The lowest BCUT2D eigenvalue weighted by atomic mass is 9.61. The number of hydrogen-bond donors (Lipinski definition) is 1. The fourth-order valence-electron chi connectivity index (χ4n) is 3.88. The topological polar surface area (TPSA) is 12.0 Å². The van der Waals surface area contributed by atoms with E-state index in [4.69, 9.17) is 0 Å². The second-order valence-corrected chi connectivity index (χ2v) is 5.29. The molecule has 3 fully saturated rings. The Kier molecular flexibility index (Phi) is 1.93. The molecule has 0 heterocycles. The number of nitrogens with one attached hydrogen (secondary N) is 1. The Hall–Kier alpha value is -0.820. The van der Waals surface area contributed by atoms with E-state index in [1.54, 1.807) is 5.56 Å². The van der Waals surface area contributed by atoms with Crippen molar-refractivity contribution in [3.63, 3.8) is 0 Å². The molecular formula is C14H19N. The van der Waals surface area contributed by atoms with Crippen LogP contribution in [0.1, 0.15) is 30.4 Å². The summed E-state index contributed by atoms with van der Waals surface area (Å²) in [5.74, 6) is 0.940. The Morgan fingerprint density at radius 1 is 1.40 bits per heavy atom. The van der Waals surface area contributed by atoms with Crippen LogP contribution in [0.15, 0.2) is 24.3 Å². The summed E-state index contributed by atoms with van der Waals surface area (Å²) in [6.45, 7) is 2.19. The second kappa shape index (κ2) is 3.08. The van der Waals surface area contributed by atoms with Gasteiger partial charge in [0.05, 0.1) is 0 Å². The molecule has 1 heteroatoms. The zero-order valence-electron chi connectivity index (χ0n) is 9.59. The maximum absolute atomic E-state index is 3.52. The van der Waals surface area contributed by atoms with Crippen LogP contribution in [-0.2, 0) is 5.41 Å². The van der Waals surface area contributed by atoms with Gasteiger partial charge in [-0.1, -0.05) is 29.8 Å². The van der Waals surface area contributed by atoms with Gasteiger partial charge in [0.2, 0.25) is 0 Å². The van der Waals surface area contributed by atoms with Crippen molar-refractivity contribution >= 4 is 0 Å². The highest BCUT2D eigenvalue weighted by Crippen LogP contribution is 2.59. The van der Waals surface area contributed by atoms with Crippen LogP contribution in [0.4, 0.5) is 0 Å². The first-order valence-corrected chi connectivity index (χ1v) is 6.01. The van der Waals surface area contributed by atoms with Crippen molar-refractivity contribution in [3.05, 3.63) is 35.4 Å². The Morgan fingerprint density at radius 3 is 2.93 bits per heavy atom. The lowest BCUT2D eigenvalue weighted by Crippen LogP contribution is -2.55. The fourth-order valence-corrected chi connectivity index (χ4v) is 3.88. The van der Waals surface area contributed by atoms with Gasteiger partial charge in [0, 0.05) is 11.5 Å². The van der Waals surface area contributed by atoms with Gasteiger partial charge in [0.15, 0.2) is 0 Å². The second-order valence-electron chi connectivity index (χ2n) is 5.29. The van der Waals surface area contributed by atoms with Gasteiger partial charge in [0.1, 0.15) is 0 Å². The minimum atomic E-state index is 0.478. The van der Waals surface area contributed by atoms with E-state index < -0.39 is 0 Å². The summed E-state index contributed by atoms with van der Waals surface area (Å²) in [6.07, 6.45) is 4.20. The molecule has 0 aromatic heterocycles. The highest BCUT2D eigenvalue weighted by molar-refractivity contribution is 5.38. The van der Waals surface area contributed by atoms with E-state index >= 15 is 0 Å². The molecule has 1 aromatic carbocycles. The number of fused-ring (bicyclic) bond motifs is 1. The van der Waals surface area contributed by atoms with E-state index in [0.717, 1.165) is 12.0 Å². The maximum atomic E-state index is 3.52. The van der Waals surface area contributed by atoms with Gasteiger partial charge in [-0.15, -0.1) is 0 Å². The Morgan fingerprint density at radius 2 is 2.27 bits per heavy atom. The van der Waals surface area contributed by atoms with E-state index in [1.165, 1.54) is 24.8 Å². The van der Waals surface area contributed by atoms with Crippen molar-refractivity contribution in [1.82, 2.24) is 5.32 Å². The molecule has 3 aliphatic rings. The molecule has 0 radical (unpaired) electrons. The predicted octanol–water partition coefficient (Wildman–Crippen LogP) is 2.63. The van der Waals surface area contributed by atoms with Crippen LogP contribution in [-0.4, -0.2) is 13.1 Å². The van der Waals surface area contributed by atoms with Gasteiger partial charge in [-0.25, -0.2) is 0 Å². The maximum Gasteiger partial charge on any atom is 0.0190 e. The van der Waals surface area contributed by atoms with Crippen LogP contribution in [0.5, 0.6) is 0 Å². The monoisotopic (exact) mass is 201 g/mol. The Bertz CT molecular complexity index is 381. The molecule has 1 aromatic rings. The molecule has 0 spiro atoms. The summed E-state index contributed by atoms with van der Waals surface area (Å²) in [5, 5.41) is 3.52. The van der Waals surface area contributed by atoms with Crippen LogP contribution in [0.3, 0.4) is 0 Å². The zero-order chi connectivity index (χ0) is 10.5. The molecule has 3 aliphatic carbocycles. The zero-order valence-corrected chi connectivity index (χ0v) is 9.59. The average molecular weight is 201 g/mol. The lowest BCUT2D eigenvalue weighted by Gasteiger charge is -2.48.